The molecule has 0 spiro atoms. The molecule has 2 rings (SSSR count). The van der Waals surface area contributed by atoms with Crippen LogP contribution in [-0.4, -0.2) is 37.1 Å². The molecule has 0 saturated carbocycles. The lowest BCUT2D eigenvalue weighted by Crippen LogP contribution is -2.48. The van der Waals surface area contributed by atoms with Crippen LogP contribution in [0.2, 0.25) is 10.0 Å². The van der Waals surface area contributed by atoms with Crippen molar-refractivity contribution in [3.63, 3.8) is 0 Å². The molecule has 1 aromatic carbocycles. The number of amides is 2. The number of hydrogen-bond donors (Lipinski definition) is 2. The van der Waals surface area contributed by atoms with Gasteiger partial charge >= 0.3 is 6.03 Å². The van der Waals surface area contributed by atoms with Crippen molar-refractivity contribution in [3.8, 4) is 0 Å². The summed E-state index contributed by atoms with van der Waals surface area (Å²) in [5.74, 6) is 0. The van der Waals surface area contributed by atoms with Gasteiger partial charge in [-0.1, -0.05) is 23.2 Å². The van der Waals surface area contributed by atoms with Crippen molar-refractivity contribution in [1.82, 2.24) is 10.2 Å². The molecule has 1 heterocycles. The standard InChI is InChI=1S/C11H13Cl2N3O/c12-8-5-9(13)7-10(6-8)15-11(17)16-3-1-14-2-4-16/h5-7,14H,1-4H2,(H,15,17). The van der Waals surface area contributed by atoms with E-state index in [1.54, 1.807) is 23.1 Å². The lowest BCUT2D eigenvalue weighted by Gasteiger charge is -2.27. The van der Waals surface area contributed by atoms with Gasteiger partial charge in [0.1, 0.15) is 0 Å². The number of nitrogens with zero attached hydrogens (tertiary/aromatic N) is 1. The van der Waals surface area contributed by atoms with Crippen molar-refractivity contribution < 1.29 is 4.79 Å². The highest BCUT2D eigenvalue weighted by Crippen LogP contribution is 2.22. The second-order valence-corrected chi connectivity index (χ2v) is 4.70. The van der Waals surface area contributed by atoms with E-state index in [-0.39, 0.29) is 6.03 Å². The molecule has 92 valence electrons. The van der Waals surface area contributed by atoms with Crippen LogP contribution in [0.1, 0.15) is 0 Å². The fraction of sp³-hybridized carbons (Fsp3) is 0.364. The van der Waals surface area contributed by atoms with E-state index in [2.05, 4.69) is 10.6 Å². The van der Waals surface area contributed by atoms with Gasteiger partial charge in [0.25, 0.3) is 0 Å². The third-order valence-electron chi connectivity index (χ3n) is 2.52. The molecule has 0 atom stereocenters. The molecular formula is C11H13Cl2N3O. The Hall–Kier alpha value is -0.970. The highest BCUT2D eigenvalue weighted by molar-refractivity contribution is 6.35. The van der Waals surface area contributed by atoms with Crippen LogP contribution in [0.15, 0.2) is 18.2 Å². The highest BCUT2D eigenvalue weighted by Gasteiger charge is 2.16. The summed E-state index contributed by atoms with van der Waals surface area (Å²) in [5, 5.41) is 6.99. The summed E-state index contributed by atoms with van der Waals surface area (Å²) in [6.07, 6.45) is 0. The second-order valence-electron chi connectivity index (χ2n) is 3.83. The van der Waals surface area contributed by atoms with Gasteiger partial charge in [-0.05, 0) is 18.2 Å². The van der Waals surface area contributed by atoms with Gasteiger partial charge in [-0.2, -0.15) is 0 Å². The zero-order valence-corrected chi connectivity index (χ0v) is 10.7. The fourth-order valence-corrected chi connectivity index (χ4v) is 2.22. The third-order valence-corrected chi connectivity index (χ3v) is 2.95. The number of benzene rings is 1. The van der Waals surface area contributed by atoms with Gasteiger partial charge in [0.15, 0.2) is 0 Å². The quantitative estimate of drug-likeness (QED) is 0.826. The van der Waals surface area contributed by atoms with Crippen molar-refractivity contribution in [1.29, 1.82) is 0 Å². The first-order valence-electron chi connectivity index (χ1n) is 5.38. The molecule has 17 heavy (non-hydrogen) atoms. The molecule has 2 amide bonds. The number of halogens is 2. The SMILES string of the molecule is O=C(Nc1cc(Cl)cc(Cl)c1)N1CCNCC1. The Balaban J connectivity index is 2.01. The zero-order chi connectivity index (χ0) is 12.3. The van der Waals surface area contributed by atoms with E-state index in [0.717, 1.165) is 13.1 Å². The Kier molecular flexibility index (Phi) is 4.10. The van der Waals surface area contributed by atoms with Crippen LogP contribution < -0.4 is 10.6 Å². The molecule has 1 aromatic rings. The summed E-state index contributed by atoms with van der Waals surface area (Å²) in [6.45, 7) is 3.06. The number of nitrogens with one attached hydrogen (secondary N) is 2. The van der Waals surface area contributed by atoms with Crippen LogP contribution in [0.5, 0.6) is 0 Å². The molecule has 1 aliphatic heterocycles. The molecule has 1 fully saturated rings. The number of rotatable bonds is 1. The Morgan fingerprint density at radius 1 is 1.18 bits per heavy atom. The van der Waals surface area contributed by atoms with Gasteiger partial charge in [0, 0.05) is 41.9 Å². The molecule has 4 nitrogen and oxygen atoms in total. The van der Waals surface area contributed by atoms with Crippen LogP contribution in [0.3, 0.4) is 0 Å². The molecule has 0 radical (unpaired) electrons. The molecule has 6 heteroatoms. The molecule has 2 N–H and O–H groups in total. The van der Waals surface area contributed by atoms with Crippen LogP contribution in [-0.2, 0) is 0 Å². The summed E-state index contributed by atoms with van der Waals surface area (Å²) < 4.78 is 0. The minimum Gasteiger partial charge on any atom is -0.322 e. The number of carbonyl (C=O) groups excluding carboxylic acids is 1. The Morgan fingerprint density at radius 2 is 1.76 bits per heavy atom. The van der Waals surface area contributed by atoms with Crippen molar-refractivity contribution in [2.24, 2.45) is 0 Å². The van der Waals surface area contributed by atoms with E-state index in [1.807, 2.05) is 0 Å². The molecule has 0 bridgehead atoms. The maximum Gasteiger partial charge on any atom is 0.321 e. The lowest BCUT2D eigenvalue weighted by atomic mass is 10.3. The maximum atomic E-state index is 11.9. The summed E-state index contributed by atoms with van der Waals surface area (Å²) in [4.78, 5) is 13.6. The smallest absolute Gasteiger partial charge is 0.321 e. The molecule has 1 aliphatic rings. The number of hydrogen-bond acceptors (Lipinski definition) is 2. The zero-order valence-electron chi connectivity index (χ0n) is 9.17. The Bertz CT molecular complexity index is 399. The van der Waals surface area contributed by atoms with Gasteiger partial charge in [0.2, 0.25) is 0 Å². The first kappa shape index (κ1) is 12.5. The van der Waals surface area contributed by atoms with E-state index < -0.39 is 0 Å². The van der Waals surface area contributed by atoms with Crippen molar-refractivity contribution >= 4 is 34.9 Å². The lowest BCUT2D eigenvalue weighted by molar-refractivity contribution is 0.204. The van der Waals surface area contributed by atoms with Gasteiger partial charge < -0.3 is 15.5 Å². The average molecular weight is 274 g/mol. The predicted octanol–water partition coefficient (Wildman–Crippen LogP) is 2.43. The van der Waals surface area contributed by atoms with Crippen LogP contribution >= 0.6 is 23.2 Å². The normalized spacial score (nSPS) is 15.8. The Labute approximate surface area is 110 Å². The van der Waals surface area contributed by atoms with Gasteiger partial charge in [-0.3, -0.25) is 0 Å². The number of anilines is 1. The minimum absolute atomic E-state index is 0.121. The van der Waals surface area contributed by atoms with Gasteiger partial charge in [-0.15, -0.1) is 0 Å². The first-order chi connectivity index (χ1) is 8.15. The van der Waals surface area contributed by atoms with Crippen molar-refractivity contribution in [2.45, 2.75) is 0 Å². The van der Waals surface area contributed by atoms with E-state index in [4.69, 9.17) is 23.2 Å². The molecule has 1 saturated heterocycles. The largest absolute Gasteiger partial charge is 0.322 e. The number of urea groups is 1. The van der Waals surface area contributed by atoms with Crippen LogP contribution in [0.25, 0.3) is 0 Å². The van der Waals surface area contributed by atoms with Crippen LogP contribution in [0, 0.1) is 0 Å². The van der Waals surface area contributed by atoms with E-state index in [1.165, 1.54) is 0 Å². The van der Waals surface area contributed by atoms with Crippen molar-refractivity contribution in [3.05, 3.63) is 28.2 Å². The number of piperazine rings is 1. The van der Waals surface area contributed by atoms with Gasteiger partial charge in [-0.25, -0.2) is 4.79 Å². The summed E-state index contributed by atoms with van der Waals surface area (Å²) in [6, 6.07) is 4.86. The predicted molar refractivity (Wildman–Crippen MR) is 69.9 cm³/mol. The fourth-order valence-electron chi connectivity index (χ4n) is 1.70. The first-order valence-corrected chi connectivity index (χ1v) is 6.13. The molecular weight excluding hydrogens is 261 g/mol. The number of carbonyl (C=O) groups is 1. The summed E-state index contributed by atoms with van der Waals surface area (Å²) in [5.41, 5.74) is 0.617. The van der Waals surface area contributed by atoms with Crippen molar-refractivity contribution in [2.75, 3.05) is 31.5 Å². The van der Waals surface area contributed by atoms with E-state index >= 15 is 0 Å². The maximum absolute atomic E-state index is 11.9. The molecule has 0 aliphatic carbocycles. The highest BCUT2D eigenvalue weighted by atomic mass is 35.5. The Morgan fingerprint density at radius 3 is 2.35 bits per heavy atom. The summed E-state index contributed by atoms with van der Waals surface area (Å²) >= 11 is 11.7. The van der Waals surface area contributed by atoms with E-state index in [0.29, 0.717) is 28.8 Å². The van der Waals surface area contributed by atoms with Gasteiger partial charge in [0.05, 0.1) is 0 Å². The molecule has 0 aromatic heterocycles. The monoisotopic (exact) mass is 273 g/mol. The third kappa shape index (κ3) is 3.49. The minimum atomic E-state index is -0.121. The topological polar surface area (TPSA) is 44.4 Å². The average Bonchev–Trinajstić information content (AvgIpc) is 2.28. The molecule has 0 unspecified atom stereocenters. The second kappa shape index (κ2) is 5.58. The van der Waals surface area contributed by atoms with E-state index in [9.17, 15) is 4.79 Å². The van der Waals surface area contributed by atoms with Crippen LogP contribution in [0.4, 0.5) is 10.5 Å². The summed E-state index contributed by atoms with van der Waals surface area (Å²) in [7, 11) is 0.